The number of methoxy groups -OCH3 is 1. The minimum absolute atomic E-state index is 0.0780. The number of nitrogens with one attached hydrogen (secondary N) is 2. The number of carbonyl (C=O) groups is 3. The maximum Gasteiger partial charge on any atom is 0.285 e. The molecule has 0 aliphatic heterocycles. The van der Waals surface area contributed by atoms with Gasteiger partial charge in [-0.25, -0.2) is 0 Å². The quantitative estimate of drug-likeness (QED) is 0.653. The van der Waals surface area contributed by atoms with Gasteiger partial charge >= 0.3 is 0 Å². The van der Waals surface area contributed by atoms with Crippen LogP contribution in [-0.4, -0.2) is 49.2 Å². The average molecular weight is 430 g/mol. The fourth-order valence-corrected chi connectivity index (χ4v) is 3.26. The fourth-order valence-electron chi connectivity index (χ4n) is 2.60. The molecule has 0 radical (unpaired) electrons. The van der Waals surface area contributed by atoms with Crippen LogP contribution in [0.5, 0.6) is 5.75 Å². The minimum atomic E-state index is -0.730. The van der Waals surface area contributed by atoms with Crippen LogP contribution >= 0.6 is 11.8 Å². The Balaban J connectivity index is 2.07. The van der Waals surface area contributed by atoms with Crippen LogP contribution in [0.1, 0.15) is 24.2 Å². The van der Waals surface area contributed by atoms with Crippen LogP contribution in [0.3, 0.4) is 0 Å². The van der Waals surface area contributed by atoms with Crippen LogP contribution in [0.4, 0.5) is 10.5 Å². The molecule has 2 aromatic rings. The molecule has 0 spiro atoms. The van der Waals surface area contributed by atoms with E-state index in [0.717, 1.165) is 16.7 Å². The van der Waals surface area contributed by atoms with Crippen molar-refractivity contribution in [2.75, 3.05) is 26.5 Å². The van der Waals surface area contributed by atoms with Crippen LogP contribution in [0, 0.1) is 5.92 Å². The molecule has 0 aromatic heterocycles. The zero-order valence-electron chi connectivity index (χ0n) is 17.8. The van der Waals surface area contributed by atoms with E-state index in [1.54, 1.807) is 62.6 Å². The molecule has 2 rings (SSSR count). The van der Waals surface area contributed by atoms with Gasteiger partial charge in [-0.2, -0.15) is 0 Å². The van der Waals surface area contributed by atoms with E-state index in [2.05, 4.69) is 10.6 Å². The van der Waals surface area contributed by atoms with Crippen molar-refractivity contribution in [3.8, 4) is 5.75 Å². The second-order valence-corrected chi connectivity index (χ2v) is 8.20. The van der Waals surface area contributed by atoms with Gasteiger partial charge in [0.15, 0.2) is 0 Å². The van der Waals surface area contributed by atoms with E-state index in [9.17, 15) is 14.4 Å². The van der Waals surface area contributed by atoms with Crippen molar-refractivity contribution in [2.45, 2.75) is 24.8 Å². The van der Waals surface area contributed by atoms with E-state index >= 15 is 0 Å². The van der Waals surface area contributed by atoms with Gasteiger partial charge in [-0.3, -0.25) is 14.4 Å². The Hall–Kier alpha value is -3.00. The Morgan fingerprint density at radius 3 is 2.20 bits per heavy atom. The summed E-state index contributed by atoms with van der Waals surface area (Å²) in [4.78, 5) is 39.5. The lowest BCUT2D eigenvalue weighted by Crippen LogP contribution is -2.47. The maximum absolute atomic E-state index is 12.8. The summed E-state index contributed by atoms with van der Waals surface area (Å²) in [5, 5.41) is 5.54. The Morgan fingerprint density at radius 2 is 1.63 bits per heavy atom. The number of benzene rings is 2. The van der Waals surface area contributed by atoms with Crippen LogP contribution in [0.2, 0.25) is 0 Å². The molecule has 160 valence electrons. The van der Waals surface area contributed by atoms with Gasteiger partial charge in [0.05, 0.1) is 12.7 Å². The molecule has 0 aliphatic rings. The number of amides is 3. The Labute approximate surface area is 181 Å². The summed E-state index contributed by atoms with van der Waals surface area (Å²) < 4.78 is 5.23. The van der Waals surface area contributed by atoms with Gasteiger partial charge in [-0.1, -0.05) is 26.0 Å². The highest BCUT2D eigenvalue weighted by Gasteiger charge is 2.26. The van der Waals surface area contributed by atoms with Gasteiger partial charge in [0.1, 0.15) is 11.8 Å². The zero-order valence-corrected chi connectivity index (χ0v) is 18.6. The SMILES string of the molecule is COc1ccccc1C(=O)NC(C(=O)Nc1ccc(SC(=O)N(C)C)cc1)C(C)C. The standard InChI is InChI=1S/C22H27N3O4S/c1-14(2)19(24-20(26)17-8-6-7-9-18(17)29-5)21(27)23-15-10-12-16(13-11-15)30-22(28)25(3)4/h6-14,19H,1-5H3,(H,23,27)(H,24,26). The molecule has 1 atom stereocenters. The summed E-state index contributed by atoms with van der Waals surface area (Å²) in [6.07, 6.45) is 0. The predicted octanol–water partition coefficient (Wildman–Crippen LogP) is 3.86. The first kappa shape index (κ1) is 23.3. The molecule has 8 heteroatoms. The summed E-state index contributed by atoms with van der Waals surface area (Å²) in [7, 11) is 4.87. The molecule has 0 bridgehead atoms. The Bertz CT molecular complexity index is 898. The zero-order chi connectivity index (χ0) is 22.3. The van der Waals surface area contributed by atoms with Gasteiger partial charge in [-0.15, -0.1) is 0 Å². The number of rotatable bonds is 7. The van der Waals surface area contributed by atoms with Crippen molar-refractivity contribution < 1.29 is 19.1 Å². The number of carbonyl (C=O) groups excluding carboxylic acids is 3. The number of nitrogens with zero attached hydrogens (tertiary/aromatic N) is 1. The van der Waals surface area contributed by atoms with Crippen molar-refractivity contribution in [1.29, 1.82) is 0 Å². The normalized spacial score (nSPS) is 11.5. The number of para-hydroxylation sites is 1. The second kappa shape index (κ2) is 10.7. The molecule has 30 heavy (non-hydrogen) atoms. The lowest BCUT2D eigenvalue weighted by atomic mass is 10.0. The van der Waals surface area contributed by atoms with Gasteiger partial charge < -0.3 is 20.3 Å². The van der Waals surface area contributed by atoms with E-state index in [1.807, 2.05) is 13.8 Å². The smallest absolute Gasteiger partial charge is 0.285 e. The Kier molecular flexibility index (Phi) is 8.29. The second-order valence-electron chi connectivity index (χ2n) is 7.17. The highest BCUT2D eigenvalue weighted by molar-refractivity contribution is 8.13. The number of anilines is 1. The first-order chi connectivity index (χ1) is 14.2. The highest BCUT2D eigenvalue weighted by atomic mass is 32.2. The summed E-state index contributed by atoms with van der Waals surface area (Å²) in [5.74, 6) is -0.386. The molecule has 2 aromatic carbocycles. The maximum atomic E-state index is 12.8. The first-order valence-corrected chi connectivity index (χ1v) is 10.3. The molecule has 0 fully saturated rings. The van der Waals surface area contributed by atoms with E-state index in [4.69, 9.17) is 4.74 Å². The van der Waals surface area contributed by atoms with Crippen LogP contribution in [0.25, 0.3) is 0 Å². The van der Waals surface area contributed by atoms with Gasteiger partial charge in [0.25, 0.3) is 11.1 Å². The lowest BCUT2D eigenvalue weighted by Gasteiger charge is -2.22. The molecule has 0 saturated carbocycles. The summed E-state index contributed by atoms with van der Waals surface area (Å²) in [5.41, 5.74) is 0.948. The number of hydrogen-bond donors (Lipinski definition) is 2. The molecular weight excluding hydrogens is 402 g/mol. The molecule has 3 amide bonds. The van der Waals surface area contributed by atoms with E-state index in [0.29, 0.717) is 17.0 Å². The topological polar surface area (TPSA) is 87.7 Å². The largest absolute Gasteiger partial charge is 0.496 e. The third-order valence-corrected chi connectivity index (χ3v) is 5.33. The van der Waals surface area contributed by atoms with Crippen molar-refractivity contribution in [2.24, 2.45) is 5.92 Å². The number of thioether (sulfide) groups is 1. The van der Waals surface area contributed by atoms with Gasteiger partial charge in [0, 0.05) is 24.7 Å². The third-order valence-electron chi connectivity index (χ3n) is 4.28. The first-order valence-electron chi connectivity index (χ1n) is 9.47. The minimum Gasteiger partial charge on any atom is -0.496 e. The van der Waals surface area contributed by atoms with Gasteiger partial charge in [-0.05, 0) is 54.1 Å². The van der Waals surface area contributed by atoms with E-state index < -0.39 is 6.04 Å². The van der Waals surface area contributed by atoms with E-state index in [-0.39, 0.29) is 23.0 Å². The summed E-state index contributed by atoms with van der Waals surface area (Å²) in [6.45, 7) is 3.72. The number of ether oxygens (including phenoxy) is 1. The van der Waals surface area contributed by atoms with Crippen molar-refractivity contribution >= 4 is 34.5 Å². The average Bonchev–Trinajstić information content (AvgIpc) is 2.72. The molecule has 7 nitrogen and oxygen atoms in total. The summed E-state index contributed by atoms with van der Waals surface area (Å²) in [6, 6.07) is 13.1. The monoisotopic (exact) mass is 429 g/mol. The summed E-state index contributed by atoms with van der Waals surface area (Å²) >= 11 is 1.11. The molecule has 1 unspecified atom stereocenters. The van der Waals surface area contributed by atoms with Gasteiger partial charge in [0.2, 0.25) is 5.91 Å². The predicted molar refractivity (Wildman–Crippen MR) is 119 cm³/mol. The van der Waals surface area contributed by atoms with Crippen LogP contribution in [-0.2, 0) is 4.79 Å². The fraction of sp³-hybridized carbons (Fsp3) is 0.318. The third kappa shape index (κ3) is 6.25. The molecular formula is C22H27N3O4S. The van der Waals surface area contributed by atoms with Crippen LogP contribution in [0.15, 0.2) is 53.4 Å². The van der Waals surface area contributed by atoms with Crippen LogP contribution < -0.4 is 15.4 Å². The van der Waals surface area contributed by atoms with Crippen molar-refractivity contribution in [3.05, 3.63) is 54.1 Å². The lowest BCUT2D eigenvalue weighted by molar-refractivity contribution is -0.118. The Morgan fingerprint density at radius 1 is 1.00 bits per heavy atom. The molecule has 0 heterocycles. The molecule has 2 N–H and O–H groups in total. The van der Waals surface area contributed by atoms with Crippen molar-refractivity contribution in [1.82, 2.24) is 10.2 Å². The van der Waals surface area contributed by atoms with Crippen molar-refractivity contribution in [3.63, 3.8) is 0 Å². The highest BCUT2D eigenvalue weighted by Crippen LogP contribution is 2.23. The van der Waals surface area contributed by atoms with E-state index in [1.165, 1.54) is 12.0 Å². The molecule has 0 aliphatic carbocycles. The number of hydrogen-bond acceptors (Lipinski definition) is 5. The molecule has 0 saturated heterocycles.